The number of hydrogen-bond donors (Lipinski definition) is 2. The fourth-order valence-corrected chi connectivity index (χ4v) is 1.95. The van der Waals surface area contributed by atoms with Crippen molar-refractivity contribution in [2.45, 2.75) is 0 Å². The number of carbonyl (C=O) groups excluding carboxylic acids is 1. The monoisotopic (exact) mass is 325 g/mol. The molecule has 6 heteroatoms. The van der Waals surface area contributed by atoms with Gasteiger partial charge in [0, 0.05) is 4.47 Å². The van der Waals surface area contributed by atoms with Crippen LogP contribution < -0.4 is 11.1 Å². The predicted octanol–water partition coefficient (Wildman–Crippen LogP) is 3.33. The van der Waals surface area contributed by atoms with Gasteiger partial charge in [-0.2, -0.15) is 0 Å². The number of aromatic nitrogens is 1. The lowest BCUT2D eigenvalue weighted by Gasteiger charge is -2.08. The molecule has 2 rings (SSSR count). The third-order valence-corrected chi connectivity index (χ3v) is 3.22. The molecule has 3 N–H and O–H groups in total. The van der Waals surface area contributed by atoms with Gasteiger partial charge in [-0.05, 0) is 34.1 Å². The Hall–Kier alpha value is -1.59. The van der Waals surface area contributed by atoms with Crippen LogP contribution in [0.4, 0.5) is 11.4 Å². The molecule has 0 aliphatic rings. The molecule has 4 nitrogen and oxygen atoms in total. The Kier molecular flexibility index (Phi) is 3.84. The molecule has 1 aromatic heterocycles. The van der Waals surface area contributed by atoms with E-state index < -0.39 is 0 Å². The van der Waals surface area contributed by atoms with Crippen molar-refractivity contribution in [3.63, 3.8) is 0 Å². The lowest BCUT2D eigenvalue weighted by molar-refractivity contribution is 0.102. The second-order valence-corrected chi connectivity index (χ2v) is 4.75. The molecule has 0 unspecified atom stereocenters. The van der Waals surface area contributed by atoms with Gasteiger partial charge in [-0.15, -0.1) is 0 Å². The van der Waals surface area contributed by atoms with Crippen LogP contribution in [0.2, 0.25) is 5.15 Å². The summed E-state index contributed by atoms with van der Waals surface area (Å²) < 4.78 is 0.784. The van der Waals surface area contributed by atoms with Crippen molar-refractivity contribution in [2.24, 2.45) is 0 Å². The lowest BCUT2D eigenvalue weighted by atomic mass is 10.2. The van der Waals surface area contributed by atoms with E-state index in [0.717, 1.165) is 4.47 Å². The maximum Gasteiger partial charge on any atom is 0.258 e. The summed E-state index contributed by atoms with van der Waals surface area (Å²) >= 11 is 9.20. The normalized spacial score (nSPS) is 10.1. The number of amides is 1. The van der Waals surface area contributed by atoms with Gasteiger partial charge >= 0.3 is 0 Å². The molecule has 0 aliphatic heterocycles. The van der Waals surface area contributed by atoms with Crippen LogP contribution in [0.25, 0.3) is 0 Å². The van der Waals surface area contributed by atoms with Crippen LogP contribution in [0.15, 0.2) is 41.0 Å². The lowest BCUT2D eigenvalue weighted by Crippen LogP contribution is -2.13. The Morgan fingerprint density at radius 1 is 1.39 bits per heavy atom. The van der Waals surface area contributed by atoms with E-state index in [4.69, 9.17) is 17.3 Å². The van der Waals surface area contributed by atoms with Gasteiger partial charge in [-0.1, -0.05) is 23.7 Å². The van der Waals surface area contributed by atoms with Crippen molar-refractivity contribution in [1.82, 2.24) is 4.98 Å². The van der Waals surface area contributed by atoms with Crippen molar-refractivity contribution >= 4 is 44.8 Å². The van der Waals surface area contributed by atoms with Crippen LogP contribution in [0.5, 0.6) is 0 Å². The van der Waals surface area contributed by atoms with E-state index in [2.05, 4.69) is 26.2 Å². The third kappa shape index (κ3) is 2.80. The van der Waals surface area contributed by atoms with E-state index in [-0.39, 0.29) is 16.6 Å². The second kappa shape index (κ2) is 5.37. The van der Waals surface area contributed by atoms with E-state index in [1.165, 1.54) is 12.3 Å². The minimum absolute atomic E-state index is 0.119. The van der Waals surface area contributed by atoms with Gasteiger partial charge in [0.25, 0.3) is 5.91 Å². The number of nitrogens with zero attached hydrogens (tertiary/aromatic N) is 1. The summed E-state index contributed by atoms with van der Waals surface area (Å²) in [6.07, 6.45) is 1.40. The number of nitrogens with two attached hydrogens (primary N) is 1. The van der Waals surface area contributed by atoms with E-state index in [1.54, 1.807) is 6.07 Å². The topological polar surface area (TPSA) is 68.0 Å². The average Bonchev–Trinajstić information content (AvgIpc) is 2.35. The van der Waals surface area contributed by atoms with Crippen LogP contribution in [0, 0.1) is 0 Å². The molecular weight excluding hydrogens is 318 g/mol. The highest BCUT2D eigenvalue weighted by atomic mass is 79.9. The third-order valence-electron chi connectivity index (χ3n) is 2.23. The van der Waals surface area contributed by atoms with E-state index in [0.29, 0.717) is 11.4 Å². The molecule has 2 aromatic rings. The molecule has 0 radical (unpaired) electrons. The molecule has 1 heterocycles. The molecule has 0 saturated heterocycles. The first kappa shape index (κ1) is 12.9. The quantitative estimate of drug-likeness (QED) is 0.832. The molecule has 0 saturated carbocycles. The standard InChI is InChI=1S/C12H9BrClN3O/c13-9-3-1-2-4-10(9)17-12(18)8-5-7(15)6-16-11(8)14/h1-6H,15H2,(H,17,18). The van der Waals surface area contributed by atoms with Gasteiger partial charge in [0.05, 0.1) is 23.1 Å². The molecule has 1 amide bonds. The average molecular weight is 327 g/mol. The molecule has 0 atom stereocenters. The highest BCUT2D eigenvalue weighted by Crippen LogP contribution is 2.23. The Morgan fingerprint density at radius 2 is 2.11 bits per heavy atom. The zero-order chi connectivity index (χ0) is 13.1. The summed E-state index contributed by atoms with van der Waals surface area (Å²) in [4.78, 5) is 15.9. The van der Waals surface area contributed by atoms with Crippen molar-refractivity contribution in [2.75, 3.05) is 11.1 Å². The Bertz CT molecular complexity index is 604. The summed E-state index contributed by atoms with van der Waals surface area (Å²) in [6, 6.07) is 8.76. The fourth-order valence-electron chi connectivity index (χ4n) is 1.38. The van der Waals surface area contributed by atoms with Crippen molar-refractivity contribution in [3.8, 4) is 0 Å². The smallest absolute Gasteiger partial charge is 0.258 e. The SMILES string of the molecule is Nc1cnc(Cl)c(C(=O)Nc2ccccc2Br)c1. The molecule has 0 bridgehead atoms. The number of rotatable bonds is 2. The maximum atomic E-state index is 12.0. The zero-order valence-electron chi connectivity index (χ0n) is 9.15. The van der Waals surface area contributed by atoms with Crippen molar-refractivity contribution in [1.29, 1.82) is 0 Å². The van der Waals surface area contributed by atoms with E-state index >= 15 is 0 Å². The minimum Gasteiger partial charge on any atom is -0.397 e. The number of carbonyl (C=O) groups is 1. The summed E-state index contributed by atoms with van der Waals surface area (Å²) in [5.41, 5.74) is 6.86. The van der Waals surface area contributed by atoms with Crippen molar-refractivity contribution in [3.05, 3.63) is 51.7 Å². The van der Waals surface area contributed by atoms with Crippen LogP contribution >= 0.6 is 27.5 Å². The summed E-state index contributed by atoms with van der Waals surface area (Å²) in [5.74, 6) is -0.355. The predicted molar refractivity (Wildman–Crippen MR) is 75.8 cm³/mol. The molecule has 0 fully saturated rings. The summed E-state index contributed by atoms with van der Waals surface area (Å²) in [6.45, 7) is 0. The first-order chi connectivity index (χ1) is 8.58. The first-order valence-corrected chi connectivity index (χ1v) is 6.22. The second-order valence-electron chi connectivity index (χ2n) is 3.54. The van der Waals surface area contributed by atoms with Gasteiger partial charge in [-0.3, -0.25) is 4.79 Å². The molecule has 1 aromatic carbocycles. The molecule has 0 spiro atoms. The van der Waals surface area contributed by atoms with Gasteiger partial charge in [0.1, 0.15) is 5.15 Å². The number of halogens is 2. The van der Waals surface area contributed by atoms with Crippen LogP contribution in [0.1, 0.15) is 10.4 Å². The Labute approximate surface area is 117 Å². The summed E-state index contributed by atoms with van der Waals surface area (Å²) in [5, 5.41) is 2.85. The van der Waals surface area contributed by atoms with Gasteiger partial charge < -0.3 is 11.1 Å². The van der Waals surface area contributed by atoms with Gasteiger partial charge in [-0.25, -0.2) is 4.98 Å². The summed E-state index contributed by atoms with van der Waals surface area (Å²) in [7, 11) is 0. The number of nitrogen functional groups attached to an aromatic ring is 1. The number of nitrogens with one attached hydrogen (secondary N) is 1. The van der Waals surface area contributed by atoms with Crippen LogP contribution in [-0.4, -0.2) is 10.9 Å². The Balaban J connectivity index is 2.28. The minimum atomic E-state index is -0.355. The number of para-hydroxylation sites is 1. The highest BCUT2D eigenvalue weighted by Gasteiger charge is 2.13. The van der Waals surface area contributed by atoms with Crippen molar-refractivity contribution < 1.29 is 4.79 Å². The van der Waals surface area contributed by atoms with Gasteiger partial charge in [0.15, 0.2) is 0 Å². The highest BCUT2D eigenvalue weighted by molar-refractivity contribution is 9.10. The molecule has 92 valence electrons. The Morgan fingerprint density at radius 3 is 2.83 bits per heavy atom. The molecule has 0 aliphatic carbocycles. The zero-order valence-corrected chi connectivity index (χ0v) is 11.5. The number of anilines is 2. The molecular formula is C12H9BrClN3O. The van der Waals surface area contributed by atoms with E-state index in [1.807, 2.05) is 18.2 Å². The van der Waals surface area contributed by atoms with Gasteiger partial charge in [0.2, 0.25) is 0 Å². The van der Waals surface area contributed by atoms with Crippen LogP contribution in [0.3, 0.4) is 0 Å². The molecule has 18 heavy (non-hydrogen) atoms. The number of benzene rings is 1. The first-order valence-electron chi connectivity index (χ1n) is 5.05. The van der Waals surface area contributed by atoms with E-state index in [9.17, 15) is 4.79 Å². The number of pyridine rings is 1. The van der Waals surface area contributed by atoms with Crippen LogP contribution in [-0.2, 0) is 0 Å². The largest absolute Gasteiger partial charge is 0.397 e. The number of hydrogen-bond acceptors (Lipinski definition) is 3. The maximum absolute atomic E-state index is 12.0. The fraction of sp³-hybridized carbons (Fsp3) is 0.